The van der Waals surface area contributed by atoms with Gasteiger partial charge in [0.2, 0.25) is 5.91 Å². The van der Waals surface area contributed by atoms with Crippen LogP contribution < -0.4 is 14.8 Å². The molecule has 0 spiro atoms. The lowest BCUT2D eigenvalue weighted by Crippen LogP contribution is -2.13. The molecule has 3 rings (SSSR count). The van der Waals surface area contributed by atoms with Gasteiger partial charge >= 0.3 is 0 Å². The van der Waals surface area contributed by atoms with Crippen molar-refractivity contribution >= 4 is 11.6 Å². The molecule has 0 bridgehead atoms. The van der Waals surface area contributed by atoms with E-state index in [2.05, 4.69) is 11.4 Å². The molecule has 134 valence electrons. The van der Waals surface area contributed by atoms with E-state index in [-0.39, 0.29) is 12.0 Å². The second-order valence-corrected chi connectivity index (χ2v) is 6.38. The van der Waals surface area contributed by atoms with Crippen LogP contribution >= 0.6 is 0 Å². The molecule has 1 unspecified atom stereocenters. The molecule has 1 amide bonds. The van der Waals surface area contributed by atoms with Crippen LogP contribution in [0.1, 0.15) is 37.0 Å². The van der Waals surface area contributed by atoms with Crippen molar-refractivity contribution in [3.05, 3.63) is 53.1 Å². The van der Waals surface area contributed by atoms with Gasteiger partial charge in [-0.25, -0.2) is 0 Å². The van der Waals surface area contributed by atoms with Crippen LogP contribution in [0.5, 0.6) is 11.5 Å². The van der Waals surface area contributed by atoms with Gasteiger partial charge in [0.1, 0.15) is 17.6 Å². The highest BCUT2D eigenvalue weighted by Crippen LogP contribution is 2.38. The maximum atomic E-state index is 12.4. The first kappa shape index (κ1) is 17.8. The molecule has 5 heteroatoms. The third-order valence-corrected chi connectivity index (χ3v) is 4.30. The SMILES string of the molecule is CCOc1cc2c(cc1NC(=O)CCc1ccc(C#N)cc1)OC(C)C2. The van der Waals surface area contributed by atoms with Crippen LogP contribution in [-0.2, 0) is 17.6 Å². The number of fused-ring (bicyclic) bond motifs is 1. The van der Waals surface area contributed by atoms with Gasteiger partial charge < -0.3 is 14.8 Å². The van der Waals surface area contributed by atoms with Crippen molar-refractivity contribution in [3.63, 3.8) is 0 Å². The summed E-state index contributed by atoms with van der Waals surface area (Å²) in [6, 6.07) is 13.2. The quantitative estimate of drug-likeness (QED) is 0.859. The molecule has 0 saturated carbocycles. The third kappa shape index (κ3) is 4.15. The summed E-state index contributed by atoms with van der Waals surface area (Å²) in [4.78, 5) is 12.4. The second kappa shape index (κ2) is 7.92. The molecule has 0 fully saturated rings. The number of ether oxygens (including phenoxy) is 2. The first-order valence-electron chi connectivity index (χ1n) is 8.84. The molecule has 1 heterocycles. The van der Waals surface area contributed by atoms with Crippen molar-refractivity contribution in [3.8, 4) is 17.6 Å². The largest absolute Gasteiger partial charge is 0.492 e. The molecule has 1 atom stereocenters. The summed E-state index contributed by atoms with van der Waals surface area (Å²) in [6.45, 7) is 4.47. The van der Waals surface area contributed by atoms with Gasteiger partial charge in [-0.15, -0.1) is 0 Å². The number of carbonyl (C=O) groups is 1. The van der Waals surface area contributed by atoms with E-state index < -0.39 is 0 Å². The summed E-state index contributed by atoms with van der Waals surface area (Å²) in [6.07, 6.45) is 1.95. The molecule has 2 aromatic rings. The Kier molecular flexibility index (Phi) is 5.43. The lowest BCUT2D eigenvalue weighted by molar-refractivity contribution is -0.116. The van der Waals surface area contributed by atoms with E-state index in [0.29, 0.717) is 36.4 Å². The van der Waals surface area contributed by atoms with Gasteiger partial charge in [0.15, 0.2) is 0 Å². The number of rotatable bonds is 6. The van der Waals surface area contributed by atoms with E-state index in [0.717, 1.165) is 23.3 Å². The zero-order valence-electron chi connectivity index (χ0n) is 15.0. The topological polar surface area (TPSA) is 71.3 Å². The molecule has 0 aliphatic carbocycles. The van der Waals surface area contributed by atoms with Gasteiger partial charge in [-0.3, -0.25) is 4.79 Å². The van der Waals surface area contributed by atoms with Crippen molar-refractivity contribution in [1.82, 2.24) is 0 Å². The van der Waals surface area contributed by atoms with Crippen LogP contribution in [0.25, 0.3) is 0 Å². The Morgan fingerprint density at radius 1 is 1.35 bits per heavy atom. The van der Waals surface area contributed by atoms with Gasteiger partial charge in [0.05, 0.1) is 23.9 Å². The highest BCUT2D eigenvalue weighted by molar-refractivity contribution is 5.93. The van der Waals surface area contributed by atoms with E-state index in [1.165, 1.54) is 0 Å². The number of hydrogen-bond donors (Lipinski definition) is 1. The third-order valence-electron chi connectivity index (χ3n) is 4.30. The zero-order valence-corrected chi connectivity index (χ0v) is 15.0. The summed E-state index contributed by atoms with van der Waals surface area (Å²) in [5, 5.41) is 11.8. The zero-order chi connectivity index (χ0) is 18.5. The first-order valence-corrected chi connectivity index (χ1v) is 8.84. The van der Waals surface area contributed by atoms with Crippen molar-refractivity contribution in [2.24, 2.45) is 0 Å². The van der Waals surface area contributed by atoms with Gasteiger partial charge in [0, 0.05) is 24.5 Å². The molecule has 2 aromatic carbocycles. The molecular formula is C21H22N2O3. The van der Waals surface area contributed by atoms with E-state index in [9.17, 15) is 4.79 Å². The fraction of sp³-hybridized carbons (Fsp3) is 0.333. The number of nitriles is 1. The van der Waals surface area contributed by atoms with Crippen molar-refractivity contribution in [2.75, 3.05) is 11.9 Å². The number of aryl methyl sites for hydroxylation is 1. The predicted octanol–water partition coefficient (Wildman–Crippen LogP) is 3.85. The molecule has 1 aliphatic rings. The van der Waals surface area contributed by atoms with Crippen LogP contribution in [0.3, 0.4) is 0 Å². The first-order chi connectivity index (χ1) is 12.6. The number of benzene rings is 2. The molecule has 0 saturated heterocycles. The molecule has 1 aliphatic heterocycles. The van der Waals surface area contributed by atoms with E-state index in [4.69, 9.17) is 14.7 Å². The smallest absolute Gasteiger partial charge is 0.224 e. The van der Waals surface area contributed by atoms with Gasteiger partial charge in [0.25, 0.3) is 0 Å². The van der Waals surface area contributed by atoms with E-state index in [1.807, 2.05) is 38.1 Å². The number of amides is 1. The van der Waals surface area contributed by atoms with Crippen molar-refractivity contribution in [1.29, 1.82) is 5.26 Å². The summed E-state index contributed by atoms with van der Waals surface area (Å²) in [5.74, 6) is 1.40. The Morgan fingerprint density at radius 3 is 2.81 bits per heavy atom. The average Bonchev–Trinajstić information content (AvgIpc) is 2.99. The van der Waals surface area contributed by atoms with E-state index in [1.54, 1.807) is 12.1 Å². The van der Waals surface area contributed by atoms with Crippen molar-refractivity contribution in [2.45, 2.75) is 39.2 Å². The number of nitrogens with zero attached hydrogens (tertiary/aromatic N) is 1. The van der Waals surface area contributed by atoms with Crippen LogP contribution in [-0.4, -0.2) is 18.6 Å². The van der Waals surface area contributed by atoms with Crippen LogP contribution in [0.4, 0.5) is 5.69 Å². The normalized spacial score (nSPS) is 14.9. The summed E-state index contributed by atoms with van der Waals surface area (Å²) >= 11 is 0. The molecule has 0 radical (unpaired) electrons. The molecule has 0 aromatic heterocycles. The fourth-order valence-corrected chi connectivity index (χ4v) is 3.03. The number of carbonyl (C=O) groups excluding carboxylic acids is 1. The Hall–Kier alpha value is -3.00. The predicted molar refractivity (Wildman–Crippen MR) is 99.5 cm³/mol. The maximum absolute atomic E-state index is 12.4. The van der Waals surface area contributed by atoms with E-state index >= 15 is 0 Å². The minimum absolute atomic E-state index is 0.0821. The highest BCUT2D eigenvalue weighted by Gasteiger charge is 2.22. The number of nitrogens with one attached hydrogen (secondary N) is 1. The fourth-order valence-electron chi connectivity index (χ4n) is 3.03. The summed E-state index contributed by atoms with van der Waals surface area (Å²) < 4.78 is 11.5. The molecular weight excluding hydrogens is 328 g/mol. The second-order valence-electron chi connectivity index (χ2n) is 6.38. The van der Waals surface area contributed by atoms with Gasteiger partial charge in [-0.05, 0) is 44.0 Å². The minimum atomic E-state index is -0.0821. The Morgan fingerprint density at radius 2 is 2.12 bits per heavy atom. The Balaban J connectivity index is 1.66. The lowest BCUT2D eigenvalue weighted by atomic mass is 10.1. The monoisotopic (exact) mass is 350 g/mol. The molecule has 5 nitrogen and oxygen atoms in total. The maximum Gasteiger partial charge on any atom is 0.224 e. The average molecular weight is 350 g/mol. The number of hydrogen-bond acceptors (Lipinski definition) is 4. The Labute approximate surface area is 153 Å². The van der Waals surface area contributed by atoms with Crippen molar-refractivity contribution < 1.29 is 14.3 Å². The summed E-state index contributed by atoms with van der Waals surface area (Å²) in [5.41, 5.74) is 3.39. The summed E-state index contributed by atoms with van der Waals surface area (Å²) in [7, 11) is 0. The Bertz CT molecular complexity index is 838. The molecule has 1 N–H and O–H groups in total. The molecule has 26 heavy (non-hydrogen) atoms. The number of anilines is 1. The standard InChI is InChI=1S/C21H22N2O3/c1-3-25-20-11-17-10-14(2)26-19(17)12-18(20)23-21(24)9-8-15-4-6-16(13-22)7-5-15/h4-7,11-12,14H,3,8-10H2,1-2H3,(H,23,24). The van der Waals surface area contributed by atoms with Crippen LogP contribution in [0, 0.1) is 11.3 Å². The van der Waals surface area contributed by atoms with Gasteiger partial charge in [-0.1, -0.05) is 12.1 Å². The van der Waals surface area contributed by atoms with Gasteiger partial charge in [-0.2, -0.15) is 5.26 Å². The minimum Gasteiger partial charge on any atom is -0.492 e. The highest BCUT2D eigenvalue weighted by atomic mass is 16.5. The lowest BCUT2D eigenvalue weighted by Gasteiger charge is -2.13. The van der Waals surface area contributed by atoms with Crippen LogP contribution in [0.15, 0.2) is 36.4 Å². The van der Waals surface area contributed by atoms with Crippen LogP contribution in [0.2, 0.25) is 0 Å².